The third-order valence-electron chi connectivity index (χ3n) is 2.11. The Labute approximate surface area is 78.9 Å². The van der Waals surface area contributed by atoms with Gasteiger partial charge in [0, 0.05) is 25.4 Å². The molecule has 1 heterocycles. The van der Waals surface area contributed by atoms with Crippen LogP contribution in [0.5, 0.6) is 0 Å². The number of thiol groups is 1. The number of amides is 1. The lowest BCUT2D eigenvalue weighted by Gasteiger charge is -2.31. The lowest BCUT2D eigenvalue weighted by Crippen LogP contribution is -2.46. The van der Waals surface area contributed by atoms with E-state index in [0.29, 0.717) is 6.04 Å². The fourth-order valence-electron chi connectivity index (χ4n) is 1.59. The molecule has 1 aliphatic heterocycles. The molecule has 0 bridgehead atoms. The Hall–Kier alpha value is -0.220. The lowest BCUT2D eigenvalue weighted by atomic mass is 10.1. The molecule has 12 heavy (non-hydrogen) atoms. The average molecular weight is 188 g/mol. The minimum Gasteiger partial charge on any atom is -0.352 e. The number of likely N-dealkylation sites (tertiary alicyclic amines) is 1. The maximum atomic E-state index is 10.8. The quantitative estimate of drug-likeness (QED) is 0.618. The van der Waals surface area contributed by atoms with E-state index in [9.17, 15) is 4.79 Å². The van der Waals surface area contributed by atoms with E-state index in [1.54, 1.807) is 6.92 Å². The number of piperidine rings is 1. The Balaban J connectivity index is 2.30. The second kappa shape index (κ2) is 4.72. The normalized spacial score (nSPS) is 25.3. The highest BCUT2D eigenvalue weighted by atomic mass is 32.1. The van der Waals surface area contributed by atoms with Gasteiger partial charge in [0.05, 0.1) is 0 Å². The number of hydrogen-bond acceptors (Lipinski definition) is 3. The van der Waals surface area contributed by atoms with Crippen LogP contribution in [0.25, 0.3) is 0 Å². The maximum Gasteiger partial charge on any atom is 0.217 e. The first kappa shape index (κ1) is 9.86. The molecule has 1 saturated heterocycles. The fourth-order valence-corrected chi connectivity index (χ4v) is 1.85. The molecule has 4 heteroatoms. The highest BCUT2D eigenvalue weighted by Gasteiger charge is 2.18. The standard InChI is InChI=1S/C8H16N2OS/c1-7(11)9-8-3-2-4-10(5-8)6-12/h8,12H,2-6H2,1H3,(H,9,11). The fraction of sp³-hybridized carbons (Fsp3) is 0.875. The highest BCUT2D eigenvalue weighted by molar-refractivity contribution is 7.80. The van der Waals surface area contributed by atoms with Crippen molar-refractivity contribution in [3.05, 3.63) is 0 Å². The molecular formula is C8H16N2OS. The smallest absolute Gasteiger partial charge is 0.217 e. The summed E-state index contributed by atoms with van der Waals surface area (Å²) in [6.45, 7) is 3.63. The van der Waals surface area contributed by atoms with Gasteiger partial charge in [0.2, 0.25) is 5.91 Å². The van der Waals surface area contributed by atoms with Gasteiger partial charge in [-0.25, -0.2) is 0 Å². The molecule has 0 spiro atoms. The van der Waals surface area contributed by atoms with E-state index in [-0.39, 0.29) is 5.91 Å². The van der Waals surface area contributed by atoms with Crippen LogP contribution in [0.3, 0.4) is 0 Å². The van der Waals surface area contributed by atoms with Crippen molar-refractivity contribution in [2.24, 2.45) is 0 Å². The van der Waals surface area contributed by atoms with Gasteiger partial charge in [-0.1, -0.05) is 0 Å². The summed E-state index contributed by atoms with van der Waals surface area (Å²) >= 11 is 4.21. The molecule has 0 aliphatic carbocycles. The SMILES string of the molecule is CC(=O)NC1CCCN(CS)C1. The summed E-state index contributed by atoms with van der Waals surface area (Å²) in [6.07, 6.45) is 2.26. The van der Waals surface area contributed by atoms with Crippen LogP contribution in [-0.2, 0) is 4.79 Å². The predicted octanol–water partition coefficient (Wildman–Crippen LogP) is 0.474. The van der Waals surface area contributed by atoms with Crippen LogP contribution < -0.4 is 5.32 Å². The van der Waals surface area contributed by atoms with Gasteiger partial charge in [0.1, 0.15) is 0 Å². The van der Waals surface area contributed by atoms with Gasteiger partial charge in [-0.15, -0.1) is 0 Å². The zero-order chi connectivity index (χ0) is 8.97. The maximum absolute atomic E-state index is 10.8. The van der Waals surface area contributed by atoms with Crippen LogP contribution in [-0.4, -0.2) is 35.8 Å². The molecule has 3 nitrogen and oxygen atoms in total. The summed E-state index contributed by atoms with van der Waals surface area (Å²) in [4.78, 5) is 13.0. The van der Waals surface area contributed by atoms with Gasteiger partial charge >= 0.3 is 0 Å². The van der Waals surface area contributed by atoms with Gasteiger partial charge in [0.25, 0.3) is 0 Å². The minimum absolute atomic E-state index is 0.0704. The molecular weight excluding hydrogens is 172 g/mol. The predicted molar refractivity (Wildman–Crippen MR) is 52.3 cm³/mol. The molecule has 1 unspecified atom stereocenters. The first-order chi connectivity index (χ1) is 5.72. The Morgan fingerprint density at radius 3 is 3.08 bits per heavy atom. The van der Waals surface area contributed by atoms with E-state index < -0.39 is 0 Å². The summed E-state index contributed by atoms with van der Waals surface area (Å²) in [6, 6.07) is 0.336. The van der Waals surface area contributed by atoms with Crippen molar-refractivity contribution in [2.45, 2.75) is 25.8 Å². The van der Waals surface area contributed by atoms with Gasteiger partial charge in [-0.05, 0) is 19.4 Å². The van der Waals surface area contributed by atoms with Crippen LogP contribution >= 0.6 is 12.6 Å². The van der Waals surface area contributed by atoms with E-state index >= 15 is 0 Å². The van der Waals surface area contributed by atoms with Crippen molar-refractivity contribution in [1.82, 2.24) is 10.2 Å². The monoisotopic (exact) mass is 188 g/mol. The van der Waals surface area contributed by atoms with E-state index in [1.807, 2.05) is 0 Å². The molecule has 0 saturated carbocycles. The van der Waals surface area contributed by atoms with Gasteiger partial charge in [-0.3, -0.25) is 9.69 Å². The highest BCUT2D eigenvalue weighted by Crippen LogP contribution is 2.09. The van der Waals surface area contributed by atoms with E-state index in [1.165, 1.54) is 0 Å². The summed E-state index contributed by atoms with van der Waals surface area (Å²) in [5, 5.41) is 2.93. The van der Waals surface area contributed by atoms with E-state index in [0.717, 1.165) is 31.8 Å². The molecule has 1 fully saturated rings. The topological polar surface area (TPSA) is 32.3 Å². The molecule has 1 rings (SSSR count). The Bertz CT molecular complexity index is 163. The summed E-state index contributed by atoms with van der Waals surface area (Å²) < 4.78 is 0. The summed E-state index contributed by atoms with van der Waals surface area (Å²) in [5.41, 5.74) is 0. The molecule has 1 aliphatic rings. The lowest BCUT2D eigenvalue weighted by molar-refractivity contribution is -0.120. The first-order valence-electron chi connectivity index (χ1n) is 4.32. The molecule has 0 aromatic heterocycles. The second-order valence-electron chi connectivity index (χ2n) is 3.26. The molecule has 1 N–H and O–H groups in total. The van der Waals surface area contributed by atoms with Gasteiger partial charge in [-0.2, -0.15) is 12.6 Å². The molecule has 0 aromatic rings. The van der Waals surface area contributed by atoms with E-state index in [2.05, 4.69) is 22.8 Å². The van der Waals surface area contributed by atoms with Crippen molar-refractivity contribution in [3.63, 3.8) is 0 Å². The van der Waals surface area contributed by atoms with Crippen molar-refractivity contribution < 1.29 is 4.79 Å². The van der Waals surface area contributed by atoms with Gasteiger partial charge in [0.15, 0.2) is 0 Å². The molecule has 0 aromatic carbocycles. The third-order valence-corrected chi connectivity index (χ3v) is 2.51. The number of rotatable bonds is 2. The number of carbonyl (C=O) groups excluding carboxylic acids is 1. The van der Waals surface area contributed by atoms with Crippen molar-refractivity contribution >= 4 is 18.5 Å². The molecule has 0 radical (unpaired) electrons. The second-order valence-corrected chi connectivity index (χ2v) is 3.54. The Kier molecular flexibility index (Phi) is 3.88. The number of carbonyl (C=O) groups is 1. The van der Waals surface area contributed by atoms with Crippen LogP contribution in [0.4, 0.5) is 0 Å². The molecule has 1 atom stereocenters. The Morgan fingerprint density at radius 2 is 2.50 bits per heavy atom. The van der Waals surface area contributed by atoms with Crippen LogP contribution in [0.2, 0.25) is 0 Å². The molecule has 70 valence electrons. The van der Waals surface area contributed by atoms with E-state index in [4.69, 9.17) is 0 Å². The largest absolute Gasteiger partial charge is 0.352 e. The zero-order valence-corrected chi connectivity index (χ0v) is 8.31. The third kappa shape index (κ3) is 3.03. The van der Waals surface area contributed by atoms with Crippen molar-refractivity contribution in [1.29, 1.82) is 0 Å². The van der Waals surface area contributed by atoms with Crippen LogP contribution in [0.15, 0.2) is 0 Å². The average Bonchev–Trinajstić information content (AvgIpc) is 2.03. The summed E-state index contributed by atoms with van der Waals surface area (Å²) in [5.74, 6) is 0.858. The zero-order valence-electron chi connectivity index (χ0n) is 7.42. The Morgan fingerprint density at radius 1 is 1.75 bits per heavy atom. The number of nitrogens with zero attached hydrogens (tertiary/aromatic N) is 1. The van der Waals surface area contributed by atoms with Crippen LogP contribution in [0.1, 0.15) is 19.8 Å². The minimum atomic E-state index is 0.0704. The number of hydrogen-bond donors (Lipinski definition) is 2. The van der Waals surface area contributed by atoms with Crippen LogP contribution in [0, 0.1) is 0 Å². The molecule has 1 amide bonds. The van der Waals surface area contributed by atoms with Crippen molar-refractivity contribution in [2.75, 3.05) is 19.0 Å². The van der Waals surface area contributed by atoms with Crippen molar-refractivity contribution in [3.8, 4) is 0 Å². The summed E-state index contributed by atoms with van der Waals surface area (Å²) in [7, 11) is 0. The number of nitrogens with one attached hydrogen (secondary N) is 1. The van der Waals surface area contributed by atoms with Gasteiger partial charge < -0.3 is 5.32 Å². The first-order valence-corrected chi connectivity index (χ1v) is 4.96.